The third-order valence-electron chi connectivity index (χ3n) is 3.26. The lowest BCUT2D eigenvalue weighted by Gasteiger charge is -2.08. The molecule has 136 valence electrons. The van der Waals surface area contributed by atoms with E-state index in [-0.39, 0.29) is 28.9 Å². The van der Waals surface area contributed by atoms with Gasteiger partial charge in [0.2, 0.25) is 15.9 Å². The second-order valence-corrected chi connectivity index (χ2v) is 7.23. The van der Waals surface area contributed by atoms with Crippen molar-refractivity contribution in [3.63, 3.8) is 0 Å². The number of rotatable bonds is 7. The van der Waals surface area contributed by atoms with Crippen molar-refractivity contribution in [1.82, 2.24) is 14.9 Å². The summed E-state index contributed by atoms with van der Waals surface area (Å²) >= 11 is 5.60. The summed E-state index contributed by atoms with van der Waals surface area (Å²) in [6.07, 6.45) is 1.53. The molecule has 3 aromatic rings. The van der Waals surface area contributed by atoms with Gasteiger partial charge in [-0.05, 0) is 36.4 Å². The zero-order valence-corrected chi connectivity index (χ0v) is 14.8. The van der Waals surface area contributed by atoms with Gasteiger partial charge in [0.05, 0.1) is 16.2 Å². The molecule has 7 nitrogen and oxygen atoms in total. The van der Waals surface area contributed by atoms with Crippen molar-refractivity contribution >= 4 is 21.6 Å². The fourth-order valence-electron chi connectivity index (χ4n) is 2.01. The molecule has 0 bridgehead atoms. The van der Waals surface area contributed by atoms with E-state index >= 15 is 0 Å². The van der Waals surface area contributed by atoms with E-state index in [0.29, 0.717) is 11.5 Å². The van der Waals surface area contributed by atoms with Crippen LogP contribution in [-0.4, -0.2) is 31.8 Å². The van der Waals surface area contributed by atoms with Crippen LogP contribution in [0.15, 0.2) is 58.0 Å². The summed E-state index contributed by atoms with van der Waals surface area (Å²) in [4.78, 5) is -0.133. The number of aromatic nitrogens is 2. The fourth-order valence-corrected chi connectivity index (χ4v) is 3.30. The topological polar surface area (TPSA) is 94.3 Å². The largest absolute Gasteiger partial charge is 0.475 e. The molecule has 3 rings (SSSR count). The molecule has 0 atom stereocenters. The fraction of sp³-hybridized carbons (Fsp3) is 0.125. The third-order valence-corrected chi connectivity index (χ3v) is 5.01. The number of nitrogens with one attached hydrogen (secondary N) is 1. The van der Waals surface area contributed by atoms with Crippen LogP contribution in [-0.2, 0) is 10.0 Å². The first-order valence-corrected chi connectivity index (χ1v) is 9.27. The molecule has 0 amide bonds. The Morgan fingerprint density at radius 3 is 2.69 bits per heavy atom. The normalized spacial score (nSPS) is 11.5. The second-order valence-electron chi connectivity index (χ2n) is 5.06. The summed E-state index contributed by atoms with van der Waals surface area (Å²) in [5, 5.41) is 7.57. The lowest BCUT2D eigenvalue weighted by Crippen LogP contribution is -2.28. The Labute approximate surface area is 153 Å². The Balaban J connectivity index is 1.52. The SMILES string of the molecule is O=S(=O)(NCCOc1ccc(-c2ccco2)nn1)c1ccc(F)c(Cl)c1. The first kappa shape index (κ1) is 18.3. The predicted molar refractivity (Wildman–Crippen MR) is 91.8 cm³/mol. The molecular formula is C16H13ClFN3O4S. The number of halogens is 2. The number of furan rings is 1. The zero-order valence-electron chi connectivity index (χ0n) is 13.2. The van der Waals surface area contributed by atoms with E-state index < -0.39 is 15.8 Å². The van der Waals surface area contributed by atoms with E-state index in [1.165, 1.54) is 6.26 Å². The average Bonchev–Trinajstić information content (AvgIpc) is 3.16. The van der Waals surface area contributed by atoms with E-state index in [9.17, 15) is 12.8 Å². The lowest BCUT2D eigenvalue weighted by molar-refractivity contribution is 0.307. The molecule has 0 spiro atoms. The summed E-state index contributed by atoms with van der Waals surface area (Å²) in [5.41, 5.74) is 0.552. The Morgan fingerprint density at radius 1 is 1.19 bits per heavy atom. The molecule has 0 aliphatic rings. The van der Waals surface area contributed by atoms with Crippen LogP contribution in [0.3, 0.4) is 0 Å². The number of nitrogens with zero attached hydrogens (tertiary/aromatic N) is 2. The Kier molecular flexibility index (Phi) is 5.50. The highest BCUT2D eigenvalue weighted by Gasteiger charge is 2.15. The molecule has 0 aliphatic carbocycles. The van der Waals surface area contributed by atoms with E-state index in [4.69, 9.17) is 20.8 Å². The number of ether oxygens (including phenoxy) is 1. The molecule has 26 heavy (non-hydrogen) atoms. The summed E-state index contributed by atoms with van der Waals surface area (Å²) in [6.45, 7) is 0.0158. The molecule has 0 unspecified atom stereocenters. The van der Waals surface area contributed by atoms with Gasteiger partial charge in [0.1, 0.15) is 18.1 Å². The predicted octanol–water partition coefficient (Wildman–Crippen LogP) is 2.89. The van der Waals surface area contributed by atoms with Crippen molar-refractivity contribution in [3.05, 3.63) is 59.6 Å². The minimum absolute atomic E-state index is 0.0149. The lowest BCUT2D eigenvalue weighted by atomic mass is 10.3. The first-order valence-electron chi connectivity index (χ1n) is 7.41. The van der Waals surface area contributed by atoms with Crippen molar-refractivity contribution in [3.8, 4) is 17.3 Å². The number of hydrogen-bond donors (Lipinski definition) is 1. The molecule has 2 heterocycles. The van der Waals surface area contributed by atoms with Gasteiger partial charge in [-0.15, -0.1) is 10.2 Å². The molecule has 0 saturated carbocycles. The van der Waals surface area contributed by atoms with E-state index in [2.05, 4.69) is 14.9 Å². The van der Waals surface area contributed by atoms with E-state index in [1.807, 2.05) is 0 Å². The Bertz CT molecular complexity index is 979. The zero-order chi connectivity index (χ0) is 18.6. The van der Waals surface area contributed by atoms with Gasteiger partial charge in [-0.25, -0.2) is 17.5 Å². The Morgan fingerprint density at radius 2 is 2.04 bits per heavy atom. The van der Waals surface area contributed by atoms with Gasteiger partial charge in [-0.2, -0.15) is 0 Å². The van der Waals surface area contributed by atoms with Gasteiger partial charge in [-0.1, -0.05) is 11.6 Å². The van der Waals surface area contributed by atoms with Crippen LogP contribution in [0.25, 0.3) is 11.5 Å². The standard InChI is InChI=1S/C16H13ClFN3O4S/c17-12-10-11(3-4-13(12)18)26(22,23)19-7-9-25-16-6-5-14(20-21-16)15-2-1-8-24-15/h1-6,8,10,19H,7,9H2. The molecule has 0 aliphatic heterocycles. The third kappa shape index (κ3) is 4.37. The van der Waals surface area contributed by atoms with Crippen molar-refractivity contribution < 1.29 is 22.0 Å². The molecule has 0 fully saturated rings. The van der Waals surface area contributed by atoms with Gasteiger partial charge < -0.3 is 9.15 Å². The molecule has 2 aromatic heterocycles. The molecule has 1 N–H and O–H groups in total. The maximum Gasteiger partial charge on any atom is 0.240 e. The number of sulfonamides is 1. The minimum Gasteiger partial charge on any atom is -0.475 e. The average molecular weight is 398 g/mol. The second kappa shape index (κ2) is 7.81. The van der Waals surface area contributed by atoms with E-state index in [0.717, 1.165) is 18.2 Å². The van der Waals surface area contributed by atoms with Crippen LogP contribution >= 0.6 is 11.6 Å². The highest BCUT2D eigenvalue weighted by atomic mass is 35.5. The van der Waals surface area contributed by atoms with Gasteiger partial charge in [0, 0.05) is 12.6 Å². The van der Waals surface area contributed by atoms with Gasteiger partial charge in [0.25, 0.3) is 0 Å². The number of benzene rings is 1. The van der Waals surface area contributed by atoms with Gasteiger partial charge in [-0.3, -0.25) is 0 Å². The molecule has 1 aromatic carbocycles. The summed E-state index contributed by atoms with van der Waals surface area (Å²) in [6, 6.07) is 9.92. The van der Waals surface area contributed by atoms with Crippen molar-refractivity contribution in [2.24, 2.45) is 0 Å². The quantitative estimate of drug-likeness (QED) is 0.616. The maximum absolute atomic E-state index is 13.1. The molecule has 0 saturated heterocycles. The highest BCUT2D eigenvalue weighted by Crippen LogP contribution is 2.19. The van der Waals surface area contributed by atoms with Crippen LogP contribution < -0.4 is 9.46 Å². The maximum atomic E-state index is 13.1. The van der Waals surface area contributed by atoms with Crippen LogP contribution in [0.5, 0.6) is 5.88 Å². The van der Waals surface area contributed by atoms with E-state index in [1.54, 1.807) is 24.3 Å². The Hall–Kier alpha value is -2.49. The van der Waals surface area contributed by atoms with Crippen molar-refractivity contribution in [1.29, 1.82) is 0 Å². The highest BCUT2D eigenvalue weighted by molar-refractivity contribution is 7.89. The van der Waals surface area contributed by atoms with Crippen LogP contribution in [0.4, 0.5) is 4.39 Å². The number of hydrogen-bond acceptors (Lipinski definition) is 6. The van der Waals surface area contributed by atoms with Gasteiger partial charge >= 0.3 is 0 Å². The summed E-state index contributed by atoms with van der Waals surface area (Å²) in [7, 11) is -3.82. The summed E-state index contributed by atoms with van der Waals surface area (Å²) in [5.74, 6) is 0.129. The van der Waals surface area contributed by atoms with Gasteiger partial charge in [0.15, 0.2) is 5.76 Å². The molecular weight excluding hydrogens is 385 g/mol. The first-order chi connectivity index (χ1) is 12.5. The van der Waals surface area contributed by atoms with Crippen LogP contribution in [0.1, 0.15) is 0 Å². The molecule has 10 heteroatoms. The monoisotopic (exact) mass is 397 g/mol. The summed E-state index contributed by atoms with van der Waals surface area (Å²) < 4.78 is 50.2. The van der Waals surface area contributed by atoms with Crippen molar-refractivity contribution in [2.45, 2.75) is 4.90 Å². The van der Waals surface area contributed by atoms with Crippen LogP contribution in [0, 0.1) is 5.82 Å². The smallest absolute Gasteiger partial charge is 0.240 e. The minimum atomic E-state index is -3.82. The van der Waals surface area contributed by atoms with Crippen molar-refractivity contribution in [2.75, 3.05) is 13.2 Å². The van der Waals surface area contributed by atoms with Crippen LogP contribution in [0.2, 0.25) is 5.02 Å². The molecule has 0 radical (unpaired) electrons.